The van der Waals surface area contributed by atoms with Gasteiger partial charge in [0.15, 0.2) is 0 Å². The Balaban J connectivity index is 1.90. The fourth-order valence-electron chi connectivity index (χ4n) is 1.90. The molecule has 2 nitrogen and oxygen atoms in total. The molecule has 2 aromatic carbocycles. The predicted octanol–water partition coefficient (Wildman–Crippen LogP) is 4.53. The molecule has 1 amide bonds. The molecule has 0 spiro atoms. The zero-order chi connectivity index (χ0) is 15.1. The highest BCUT2D eigenvalue weighted by Crippen LogP contribution is 2.26. The van der Waals surface area contributed by atoms with Gasteiger partial charge in [0.05, 0.1) is 5.25 Å². The molecular formula is C17H18ClNOS. The number of benzene rings is 2. The lowest BCUT2D eigenvalue weighted by Crippen LogP contribution is -2.31. The van der Waals surface area contributed by atoms with Crippen molar-refractivity contribution in [3.05, 3.63) is 65.2 Å². The third kappa shape index (κ3) is 5.10. The molecule has 0 aliphatic carbocycles. The van der Waals surface area contributed by atoms with E-state index in [9.17, 15) is 4.79 Å². The van der Waals surface area contributed by atoms with Gasteiger partial charge in [0, 0.05) is 16.5 Å². The number of hydrogen-bond donors (Lipinski definition) is 1. The first-order valence-electron chi connectivity index (χ1n) is 6.93. The van der Waals surface area contributed by atoms with Crippen molar-refractivity contribution in [1.29, 1.82) is 0 Å². The lowest BCUT2D eigenvalue weighted by atomic mass is 10.2. The minimum atomic E-state index is -0.0881. The monoisotopic (exact) mass is 319 g/mol. The number of halogens is 1. The summed E-state index contributed by atoms with van der Waals surface area (Å²) in [6.45, 7) is 2.59. The first kappa shape index (κ1) is 15.9. The summed E-state index contributed by atoms with van der Waals surface area (Å²) >= 11 is 7.44. The van der Waals surface area contributed by atoms with Gasteiger partial charge < -0.3 is 5.32 Å². The first-order chi connectivity index (χ1) is 10.2. The van der Waals surface area contributed by atoms with Gasteiger partial charge >= 0.3 is 0 Å². The summed E-state index contributed by atoms with van der Waals surface area (Å²) in [5.74, 6) is 0.0707. The summed E-state index contributed by atoms with van der Waals surface area (Å²) in [7, 11) is 0. The largest absolute Gasteiger partial charge is 0.351 e. The van der Waals surface area contributed by atoms with Crippen LogP contribution >= 0.6 is 23.4 Å². The maximum absolute atomic E-state index is 12.3. The number of rotatable bonds is 6. The van der Waals surface area contributed by atoms with Crippen molar-refractivity contribution < 1.29 is 4.79 Å². The Kier molecular flexibility index (Phi) is 6.15. The zero-order valence-corrected chi connectivity index (χ0v) is 13.5. The molecular weight excluding hydrogens is 302 g/mol. The Morgan fingerprint density at radius 3 is 2.43 bits per heavy atom. The van der Waals surface area contributed by atoms with Gasteiger partial charge in [-0.25, -0.2) is 0 Å². The van der Waals surface area contributed by atoms with E-state index in [1.54, 1.807) is 11.8 Å². The van der Waals surface area contributed by atoms with Crippen LogP contribution in [0.15, 0.2) is 59.5 Å². The molecule has 4 heteroatoms. The van der Waals surface area contributed by atoms with Crippen LogP contribution in [0.3, 0.4) is 0 Å². The number of carbonyl (C=O) groups excluding carboxylic acids is 1. The Hall–Kier alpha value is -1.45. The van der Waals surface area contributed by atoms with E-state index >= 15 is 0 Å². The van der Waals surface area contributed by atoms with Gasteiger partial charge in [0.1, 0.15) is 0 Å². The summed E-state index contributed by atoms with van der Waals surface area (Å²) in [6, 6.07) is 17.5. The SMILES string of the molecule is CC[C@@H](Sc1ccc(Cl)cc1)C(=O)NCc1ccccc1. The second-order valence-electron chi connectivity index (χ2n) is 4.67. The Labute approximate surface area is 134 Å². The van der Waals surface area contributed by atoms with Gasteiger partial charge in [0.2, 0.25) is 5.91 Å². The predicted molar refractivity (Wildman–Crippen MR) is 89.7 cm³/mol. The molecule has 0 aromatic heterocycles. The molecule has 110 valence electrons. The van der Waals surface area contributed by atoms with Gasteiger partial charge in [-0.2, -0.15) is 0 Å². The summed E-state index contributed by atoms with van der Waals surface area (Å²) in [5, 5.41) is 3.62. The van der Waals surface area contributed by atoms with Gasteiger partial charge in [-0.05, 0) is 36.2 Å². The molecule has 0 aliphatic heterocycles. The van der Waals surface area contributed by atoms with E-state index in [1.165, 1.54) is 0 Å². The lowest BCUT2D eigenvalue weighted by molar-refractivity contribution is -0.120. The van der Waals surface area contributed by atoms with Crippen molar-refractivity contribution in [2.45, 2.75) is 30.0 Å². The molecule has 0 fully saturated rings. The fraction of sp³-hybridized carbons (Fsp3) is 0.235. The molecule has 1 N–H and O–H groups in total. The smallest absolute Gasteiger partial charge is 0.233 e. The molecule has 21 heavy (non-hydrogen) atoms. The third-order valence-electron chi connectivity index (χ3n) is 3.06. The van der Waals surface area contributed by atoms with Crippen LogP contribution in [0, 0.1) is 0 Å². The summed E-state index contributed by atoms with van der Waals surface area (Å²) in [6.07, 6.45) is 0.786. The molecule has 2 aromatic rings. The van der Waals surface area contributed by atoms with Crippen molar-refractivity contribution in [3.63, 3.8) is 0 Å². The van der Waals surface area contributed by atoms with Crippen LogP contribution < -0.4 is 5.32 Å². The average Bonchev–Trinajstić information content (AvgIpc) is 2.53. The Morgan fingerprint density at radius 1 is 1.14 bits per heavy atom. The molecule has 0 bridgehead atoms. The minimum Gasteiger partial charge on any atom is -0.351 e. The first-order valence-corrected chi connectivity index (χ1v) is 8.18. The number of thioether (sulfide) groups is 1. The van der Waals surface area contributed by atoms with Gasteiger partial charge in [-0.15, -0.1) is 11.8 Å². The fourth-order valence-corrected chi connectivity index (χ4v) is 3.00. The molecule has 0 heterocycles. The van der Waals surface area contributed by atoms with Crippen LogP contribution in [0.1, 0.15) is 18.9 Å². The highest BCUT2D eigenvalue weighted by Gasteiger charge is 2.17. The van der Waals surface area contributed by atoms with E-state index in [4.69, 9.17) is 11.6 Å². The van der Waals surface area contributed by atoms with Gasteiger partial charge in [-0.1, -0.05) is 48.9 Å². The van der Waals surface area contributed by atoms with E-state index in [0.717, 1.165) is 16.9 Å². The zero-order valence-electron chi connectivity index (χ0n) is 11.9. The van der Waals surface area contributed by atoms with Crippen LogP contribution in [-0.4, -0.2) is 11.2 Å². The van der Waals surface area contributed by atoms with E-state index in [0.29, 0.717) is 11.6 Å². The standard InChI is InChI=1S/C17H18ClNOS/c1-2-16(21-15-10-8-14(18)9-11-15)17(20)19-12-13-6-4-3-5-7-13/h3-11,16H,2,12H2,1H3,(H,19,20)/t16-/m1/s1. The molecule has 0 unspecified atom stereocenters. The summed E-state index contributed by atoms with van der Waals surface area (Å²) in [4.78, 5) is 13.3. The quantitative estimate of drug-likeness (QED) is 0.793. The van der Waals surface area contributed by atoms with Gasteiger partial charge in [0.25, 0.3) is 0 Å². The van der Waals surface area contributed by atoms with Gasteiger partial charge in [-0.3, -0.25) is 4.79 Å². The van der Waals surface area contributed by atoms with Crippen LogP contribution in [0.5, 0.6) is 0 Å². The van der Waals surface area contributed by atoms with Crippen molar-refractivity contribution in [2.75, 3.05) is 0 Å². The molecule has 0 radical (unpaired) electrons. The Bertz CT molecular complexity index is 571. The normalized spacial score (nSPS) is 11.9. The summed E-state index contributed by atoms with van der Waals surface area (Å²) in [5.41, 5.74) is 1.11. The highest BCUT2D eigenvalue weighted by atomic mass is 35.5. The average molecular weight is 320 g/mol. The molecule has 0 aliphatic rings. The van der Waals surface area contributed by atoms with Crippen LogP contribution in [0.2, 0.25) is 5.02 Å². The minimum absolute atomic E-state index is 0.0707. The van der Waals surface area contributed by atoms with Crippen molar-refractivity contribution in [2.24, 2.45) is 0 Å². The maximum Gasteiger partial charge on any atom is 0.233 e. The van der Waals surface area contributed by atoms with Crippen molar-refractivity contribution in [3.8, 4) is 0 Å². The highest BCUT2D eigenvalue weighted by molar-refractivity contribution is 8.00. The summed E-state index contributed by atoms with van der Waals surface area (Å²) < 4.78 is 0. The van der Waals surface area contributed by atoms with E-state index in [-0.39, 0.29) is 11.2 Å². The van der Waals surface area contributed by atoms with Crippen molar-refractivity contribution in [1.82, 2.24) is 5.32 Å². The molecule has 1 atom stereocenters. The maximum atomic E-state index is 12.3. The third-order valence-corrected chi connectivity index (χ3v) is 4.69. The van der Waals surface area contributed by atoms with Crippen LogP contribution in [0.4, 0.5) is 0 Å². The Morgan fingerprint density at radius 2 is 1.81 bits per heavy atom. The topological polar surface area (TPSA) is 29.1 Å². The molecule has 0 saturated heterocycles. The number of carbonyl (C=O) groups is 1. The van der Waals surface area contributed by atoms with E-state index in [2.05, 4.69) is 5.32 Å². The number of hydrogen-bond acceptors (Lipinski definition) is 2. The van der Waals surface area contributed by atoms with Crippen molar-refractivity contribution >= 4 is 29.3 Å². The van der Waals surface area contributed by atoms with Crippen LogP contribution in [-0.2, 0) is 11.3 Å². The van der Waals surface area contributed by atoms with E-state index < -0.39 is 0 Å². The lowest BCUT2D eigenvalue weighted by Gasteiger charge is -2.14. The number of amides is 1. The number of nitrogens with one attached hydrogen (secondary N) is 1. The second-order valence-corrected chi connectivity index (χ2v) is 6.38. The molecule has 2 rings (SSSR count). The second kappa shape index (κ2) is 8.11. The van der Waals surface area contributed by atoms with Crippen LogP contribution in [0.25, 0.3) is 0 Å². The van der Waals surface area contributed by atoms with E-state index in [1.807, 2.05) is 61.5 Å². The molecule has 0 saturated carbocycles.